The van der Waals surface area contributed by atoms with Crippen molar-refractivity contribution in [3.63, 3.8) is 0 Å². The van der Waals surface area contributed by atoms with E-state index < -0.39 is 5.97 Å². The number of rotatable bonds is 5. The van der Waals surface area contributed by atoms with Crippen LogP contribution in [0.3, 0.4) is 0 Å². The Kier molecular flexibility index (Phi) is 4.42. The lowest BCUT2D eigenvalue weighted by atomic mass is 10.2. The van der Waals surface area contributed by atoms with Crippen molar-refractivity contribution in [2.24, 2.45) is 0 Å². The van der Waals surface area contributed by atoms with Crippen LogP contribution in [0.1, 0.15) is 34.9 Å². The molecule has 1 unspecified atom stereocenters. The molecule has 0 aliphatic heterocycles. The van der Waals surface area contributed by atoms with Crippen molar-refractivity contribution >= 4 is 5.97 Å². The Morgan fingerprint density at radius 2 is 2.15 bits per heavy atom. The molecule has 1 aromatic carbocycles. The minimum absolute atomic E-state index is 0.0428. The minimum atomic E-state index is -0.522. The van der Waals surface area contributed by atoms with E-state index in [0.29, 0.717) is 11.5 Å². The van der Waals surface area contributed by atoms with Crippen molar-refractivity contribution in [3.8, 4) is 5.75 Å². The Morgan fingerprint density at radius 3 is 2.85 bits per heavy atom. The SMILES string of the molecule is COC(=O)c1ccc(C(C)Oc2cccc(CO)c2)o1. The molecule has 0 fully saturated rings. The smallest absolute Gasteiger partial charge is 0.373 e. The van der Waals surface area contributed by atoms with Crippen molar-refractivity contribution in [1.82, 2.24) is 0 Å². The van der Waals surface area contributed by atoms with Crippen molar-refractivity contribution < 1.29 is 23.8 Å². The zero-order valence-electron chi connectivity index (χ0n) is 11.3. The first-order valence-corrected chi connectivity index (χ1v) is 6.18. The van der Waals surface area contributed by atoms with Crippen molar-refractivity contribution in [3.05, 3.63) is 53.5 Å². The van der Waals surface area contributed by atoms with Gasteiger partial charge >= 0.3 is 5.97 Å². The first-order valence-electron chi connectivity index (χ1n) is 6.18. The fourth-order valence-corrected chi connectivity index (χ4v) is 1.76. The van der Waals surface area contributed by atoms with Gasteiger partial charge in [-0.25, -0.2) is 4.79 Å². The largest absolute Gasteiger partial charge is 0.483 e. The highest BCUT2D eigenvalue weighted by Gasteiger charge is 2.16. The average molecular weight is 276 g/mol. The van der Waals surface area contributed by atoms with Gasteiger partial charge in [-0.05, 0) is 36.8 Å². The minimum Gasteiger partial charge on any atom is -0.483 e. The molecule has 5 heteroatoms. The highest BCUT2D eigenvalue weighted by molar-refractivity contribution is 5.86. The molecule has 0 spiro atoms. The third kappa shape index (κ3) is 3.19. The second kappa shape index (κ2) is 6.25. The van der Waals surface area contributed by atoms with E-state index in [2.05, 4.69) is 4.74 Å². The summed E-state index contributed by atoms with van der Waals surface area (Å²) in [5, 5.41) is 9.08. The summed E-state index contributed by atoms with van der Waals surface area (Å²) in [5.74, 6) is 0.771. The van der Waals surface area contributed by atoms with Gasteiger partial charge in [0.2, 0.25) is 5.76 Å². The predicted octanol–water partition coefficient (Wildman–Crippen LogP) is 2.70. The van der Waals surface area contributed by atoms with E-state index in [1.165, 1.54) is 7.11 Å². The predicted molar refractivity (Wildman–Crippen MR) is 71.5 cm³/mol. The molecule has 0 aliphatic carbocycles. The maximum Gasteiger partial charge on any atom is 0.373 e. The fraction of sp³-hybridized carbons (Fsp3) is 0.267. The monoisotopic (exact) mass is 276 g/mol. The van der Waals surface area contributed by atoms with E-state index in [4.69, 9.17) is 14.3 Å². The third-order valence-corrected chi connectivity index (χ3v) is 2.81. The number of carbonyl (C=O) groups excluding carboxylic acids is 1. The number of hydrogen-bond donors (Lipinski definition) is 1. The second-order valence-electron chi connectivity index (χ2n) is 4.26. The van der Waals surface area contributed by atoms with Gasteiger partial charge in [-0.3, -0.25) is 0 Å². The molecule has 0 saturated carbocycles. The van der Waals surface area contributed by atoms with Gasteiger partial charge in [-0.2, -0.15) is 0 Å². The number of aliphatic hydroxyl groups excluding tert-OH is 1. The number of ether oxygens (including phenoxy) is 2. The number of furan rings is 1. The molecule has 1 heterocycles. The van der Waals surface area contributed by atoms with Crippen molar-refractivity contribution in [2.75, 3.05) is 7.11 Å². The number of hydrogen-bond acceptors (Lipinski definition) is 5. The van der Waals surface area contributed by atoms with Crippen LogP contribution in [0.25, 0.3) is 0 Å². The molecule has 1 aromatic heterocycles. The molecule has 1 atom stereocenters. The number of carbonyl (C=O) groups is 1. The number of aliphatic hydroxyl groups is 1. The van der Waals surface area contributed by atoms with Crippen molar-refractivity contribution in [1.29, 1.82) is 0 Å². The molecule has 20 heavy (non-hydrogen) atoms. The zero-order valence-corrected chi connectivity index (χ0v) is 11.3. The summed E-state index contributed by atoms with van der Waals surface area (Å²) in [5.41, 5.74) is 0.768. The Balaban J connectivity index is 2.09. The summed E-state index contributed by atoms with van der Waals surface area (Å²) in [7, 11) is 1.30. The summed E-state index contributed by atoms with van der Waals surface area (Å²) < 4.78 is 15.7. The maximum absolute atomic E-state index is 11.3. The highest BCUT2D eigenvalue weighted by Crippen LogP contribution is 2.24. The Morgan fingerprint density at radius 1 is 1.35 bits per heavy atom. The molecule has 0 amide bonds. The van der Waals surface area contributed by atoms with Gasteiger partial charge < -0.3 is 19.0 Å². The van der Waals surface area contributed by atoms with Crippen LogP contribution in [0.2, 0.25) is 0 Å². The maximum atomic E-state index is 11.3. The normalized spacial score (nSPS) is 11.9. The first kappa shape index (κ1) is 14.1. The Labute approximate surface area is 116 Å². The molecule has 0 aliphatic rings. The molecule has 0 radical (unpaired) electrons. The van der Waals surface area contributed by atoms with Crippen LogP contribution in [0.15, 0.2) is 40.8 Å². The van der Waals surface area contributed by atoms with Crippen LogP contribution in [-0.2, 0) is 11.3 Å². The summed E-state index contributed by atoms with van der Waals surface area (Å²) in [6.07, 6.45) is -0.359. The van der Waals surface area contributed by atoms with E-state index in [9.17, 15) is 4.79 Å². The van der Waals surface area contributed by atoms with Gasteiger partial charge in [0.15, 0.2) is 6.10 Å². The van der Waals surface area contributed by atoms with Crippen LogP contribution < -0.4 is 4.74 Å². The van der Waals surface area contributed by atoms with Gasteiger partial charge in [0, 0.05) is 0 Å². The van der Waals surface area contributed by atoms with E-state index in [1.807, 2.05) is 6.92 Å². The Hall–Kier alpha value is -2.27. The van der Waals surface area contributed by atoms with Gasteiger partial charge in [-0.15, -0.1) is 0 Å². The van der Waals surface area contributed by atoms with E-state index in [0.717, 1.165) is 5.56 Å². The molecule has 0 bridgehead atoms. The Bertz CT molecular complexity index is 587. The third-order valence-electron chi connectivity index (χ3n) is 2.81. The molecule has 2 aromatic rings. The molecule has 0 saturated heterocycles. The molecular formula is C15H16O5. The average Bonchev–Trinajstić information content (AvgIpc) is 2.96. The fourth-order valence-electron chi connectivity index (χ4n) is 1.76. The van der Waals surface area contributed by atoms with Crippen molar-refractivity contribution in [2.45, 2.75) is 19.6 Å². The molecule has 2 rings (SSSR count). The summed E-state index contributed by atoms with van der Waals surface area (Å²) in [4.78, 5) is 11.3. The summed E-state index contributed by atoms with van der Waals surface area (Å²) >= 11 is 0. The van der Waals surface area contributed by atoms with E-state index in [-0.39, 0.29) is 18.5 Å². The first-order chi connectivity index (χ1) is 9.63. The van der Waals surface area contributed by atoms with Crippen LogP contribution in [0, 0.1) is 0 Å². The quantitative estimate of drug-likeness (QED) is 0.850. The molecule has 1 N–H and O–H groups in total. The van der Waals surface area contributed by atoms with E-state index >= 15 is 0 Å². The number of esters is 1. The van der Waals surface area contributed by atoms with Crippen LogP contribution in [-0.4, -0.2) is 18.2 Å². The second-order valence-corrected chi connectivity index (χ2v) is 4.26. The van der Waals surface area contributed by atoms with Gasteiger partial charge in [0.25, 0.3) is 0 Å². The van der Waals surface area contributed by atoms with Gasteiger partial charge in [0.1, 0.15) is 11.5 Å². The lowest BCUT2D eigenvalue weighted by Crippen LogP contribution is -2.03. The van der Waals surface area contributed by atoms with Crippen LogP contribution >= 0.6 is 0 Å². The van der Waals surface area contributed by atoms with Crippen LogP contribution in [0.5, 0.6) is 5.75 Å². The van der Waals surface area contributed by atoms with Gasteiger partial charge in [0.05, 0.1) is 13.7 Å². The molecule has 5 nitrogen and oxygen atoms in total. The topological polar surface area (TPSA) is 68.9 Å². The van der Waals surface area contributed by atoms with Crippen LogP contribution in [0.4, 0.5) is 0 Å². The summed E-state index contributed by atoms with van der Waals surface area (Å²) in [6.45, 7) is 1.77. The highest BCUT2D eigenvalue weighted by atomic mass is 16.5. The standard InChI is InChI=1S/C15H16O5/c1-10(13-6-7-14(20-13)15(17)18-2)19-12-5-3-4-11(8-12)9-16/h3-8,10,16H,9H2,1-2H3. The lowest BCUT2D eigenvalue weighted by molar-refractivity contribution is 0.0558. The number of benzene rings is 1. The number of methoxy groups -OCH3 is 1. The lowest BCUT2D eigenvalue weighted by Gasteiger charge is -2.13. The zero-order chi connectivity index (χ0) is 14.5. The molecular weight excluding hydrogens is 260 g/mol. The summed E-state index contributed by atoms with van der Waals surface area (Å²) in [6, 6.07) is 10.4. The van der Waals surface area contributed by atoms with Gasteiger partial charge in [-0.1, -0.05) is 12.1 Å². The molecule has 106 valence electrons. The van der Waals surface area contributed by atoms with E-state index in [1.54, 1.807) is 36.4 Å².